The zero-order valence-corrected chi connectivity index (χ0v) is 14.1. The smallest absolute Gasteiger partial charge is 0.227 e. The second-order valence-electron chi connectivity index (χ2n) is 6.02. The molecule has 1 unspecified atom stereocenters. The molecule has 5 heteroatoms. The molecule has 23 heavy (non-hydrogen) atoms. The lowest BCUT2D eigenvalue weighted by molar-refractivity contribution is -0.133. The summed E-state index contributed by atoms with van der Waals surface area (Å²) in [6.45, 7) is 2.33. The van der Waals surface area contributed by atoms with E-state index in [1.165, 1.54) is 11.3 Å². The Morgan fingerprint density at radius 1 is 1.35 bits per heavy atom. The van der Waals surface area contributed by atoms with Crippen molar-refractivity contribution in [2.75, 3.05) is 6.54 Å². The van der Waals surface area contributed by atoms with Crippen molar-refractivity contribution in [1.29, 1.82) is 0 Å². The van der Waals surface area contributed by atoms with Crippen LogP contribution in [0.2, 0.25) is 0 Å². The van der Waals surface area contributed by atoms with Crippen LogP contribution in [0, 0.1) is 0 Å². The van der Waals surface area contributed by atoms with Crippen LogP contribution in [0.1, 0.15) is 59.6 Å². The van der Waals surface area contributed by atoms with E-state index in [1.54, 1.807) is 13.2 Å². The summed E-state index contributed by atoms with van der Waals surface area (Å²) in [5, 5.41) is 1.91. The Bertz CT molecular complexity index is 674. The molecule has 2 aromatic heterocycles. The number of amides is 1. The molecule has 122 valence electrons. The third kappa shape index (κ3) is 3.72. The van der Waals surface area contributed by atoms with Gasteiger partial charge in [0.15, 0.2) is 5.78 Å². The fourth-order valence-electron chi connectivity index (χ4n) is 3.11. The number of hydrogen-bond donors (Lipinski definition) is 0. The summed E-state index contributed by atoms with van der Waals surface area (Å²) in [5.74, 6) is 1.04. The highest BCUT2D eigenvalue weighted by atomic mass is 32.1. The van der Waals surface area contributed by atoms with Crippen molar-refractivity contribution in [3.05, 3.63) is 46.0 Å². The molecule has 3 heterocycles. The third-order valence-electron chi connectivity index (χ3n) is 4.30. The van der Waals surface area contributed by atoms with Gasteiger partial charge >= 0.3 is 0 Å². The summed E-state index contributed by atoms with van der Waals surface area (Å²) < 4.78 is 5.56. The van der Waals surface area contributed by atoms with Gasteiger partial charge in [-0.3, -0.25) is 9.59 Å². The summed E-state index contributed by atoms with van der Waals surface area (Å²) >= 11 is 1.41. The maximum absolute atomic E-state index is 12.8. The van der Waals surface area contributed by atoms with Gasteiger partial charge in [-0.1, -0.05) is 12.8 Å². The molecule has 1 fully saturated rings. The molecule has 1 amide bonds. The number of rotatable bonds is 4. The number of hydrogen-bond acceptors (Lipinski definition) is 4. The average molecular weight is 331 g/mol. The molecule has 1 aliphatic rings. The highest BCUT2D eigenvalue weighted by Crippen LogP contribution is 2.31. The van der Waals surface area contributed by atoms with E-state index < -0.39 is 0 Å². The van der Waals surface area contributed by atoms with E-state index in [4.69, 9.17) is 4.42 Å². The van der Waals surface area contributed by atoms with E-state index in [0.717, 1.165) is 43.6 Å². The molecule has 3 rings (SSSR count). The maximum atomic E-state index is 12.8. The van der Waals surface area contributed by atoms with Crippen LogP contribution in [0.15, 0.2) is 34.3 Å². The zero-order chi connectivity index (χ0) is 16.2. The number of likely N-dealkylation sites (tertiary alicyclic amines) is 1. The van der Waals surface area contributed by atoms with Gasteiger partial charge in [-0.05, 0) is 48.9 Å². The van der Waals surface area contributed by atoms with Crippen molar-refractivity contribution in [1.82, 2.24) is 4.90 Å². The Morgan fingerprint density at radius 2 is 2.22 bits per heavy atom. The molecule has 0 saturated carbocycles. The highest BCUT2D eigenvalue weighted by Gasteiger charge is 2.28. The molecule has 0 radical (unpaired) electrons. The van der Waals surface area contributed by atoms with E-state index >= 15 is 0 Å². The number of carbonyl (C=O) groups excluding carboxylic acids is 2. The van der Waals surface area contributed by atoms with Gasteiger partial charge in [0.2, 0.25) is 5.91 Å². The fraction of sp³-hybridized carbons (Fsp3) is 0.444. The van der Waals surface area contributed by atoms with Crippen molar-refractivity contribution >= 4 is 23.0 Å². The summed E-state index contributed by atoms with van der Waals surface area (Å²) in [5.41, 5.74) is 0.924. The molecule has 4 nitrogen and oxygen atoms in total. The van der Waals surface area contributed by atoms with Gasteiger partial charge < -0.3 is 9.32 Å². The molecule has 1 atom stereocenters. The minimum absolute atomic E-state index is 0.0333. The Balaban J connectivity index is 1.75. The number of thiophene rings is 1. The predicted molar refractivity (Wildman–Crippen MR) is 89.7 cm³/mol. The van der Waals surface area contributed by atoms with Gasteiger partial charge in [0.1, 0.15) is 5.76 Å². The van der Waals surface area contributed by atoms with E-state index in [-0.39, 0.29) is 17.7 Å². The molecule has 0 N–H and O–H groups in total. The second-order valence-corrected chi connectivity index (χ2v) is 6.93. The lowest BCUT2D eigenvalue weighted by Crippen LogP contribution is -2.35. The van der Waals surface area contributed by atoms with Crippen molar-refractivity contribution in [2.24, 2.45) is 0 Å². The monoisotopic (exact) mass is 331 g/mol. The lowest BCUT2D eigenvalue weighted by atomic mass is 10.1. The van der Waals surface area contributed by atoms with Crippen LogP contribution < -0.4 is 0 Å². The minimum Gasteiger partial charge on any atom is -0.467 e. The second kappa shape index (κ2) is 7.13. The van der Waals surface area contributed by atoms with Crippen molar-refractivity contribution in [3.8, 4) is 0 Å². The van der Waals surface area contributed by atoms with E-state index in [0.29, 0.717) is 11.3 Å². The molecule has 0 aliphatic carbocycles. The van der Waals surface area contributed by atoms with Crippen LogP contribution >= 0.6 is 11.3 Å². The van der Waals surface area contributed by atoms with Gasteiger partial charge in [0, 0.05) is 6.54 Å². The van der Waals surface area contributed by atoms with Crippen LogP contribution in [0.5, 0.6) is 0 Å². The Hall–Kier alpha value is -1.88. The number of furan rings is 1. The van der Waals surface area contributed by atoms with Crippen LogP contribution in [0.25, 0.3) is 0 Å². The standard InChI is InChI=1S/C18H21NO3S/c1-13(20)17-10-14(12-23-17)11-18(21)19-8-4-2-3-6-15(19)16-7-5-9-22-16/h5,7,9-10,12,15H,2-4,6,8,11H2,1H3. The van der Waals surface area contributed by atoms with E-state index in [9.17, 15) is 9.59 Å². The van der Waals surface area contributed by atoms with Crippen LogP contribution in [-0.4, -0.2) is 23.1 Å². The number of carbonyl (C=O) groups is 2. The number of Topliss-reactive ketones (excluding diaryl/α,β-unsaturated/α-hetero) is 1. The summed E-state index contributed by atoms with van der Waals surface area (Å²) in [6, 6.07) is 5.70. The normalized spacial score (nSPS) is 18.7. The maximum Gasteiger partial charge on any atom is 0.227 e. The lowest BCUT2D eigenvalue weighted by Gasteiger charge is -2.28. The first kappa shape index (κ1) is 16.0. The molecular weight excluding hydrogens is 310 g/mol. The Labute approximate surface area is 140 Å². The van der Waals surface area contributed by atoms with Crippen LogP contribution in [-0.2, 0) is 11.2 Å². The molecular formula is C18H21NO3S. The van der Waals surface area contributed by atoms with Crippen molar-refractivity contribution < 1.29 is 14.0 Å². The third-order valence-corrected chi connectivity index (χ3v) is 5.38. The molecule has 0 aromatic carbocycles. The SMILES string of the molecule is CC(=O)c1cc(CC(=O)N2CCCCCC2c2ccco2)cs1. The fourth-order valence-corrected chi connectivity index (χ4v) is 3.93. The molecule has 2 aromatic rings. The molecule has 0 bridgehead atoms. The predicted octanol–water partition coefficient (Wildman–Crippen LogP) is 4.23. The minimum atomic E-state index is 0.0333. The quantitative estimate of drug-likeness (QED) is 0.788. The van der Waals surface area contributed by atoms with Gasteiger partial charge in [-0.25, -0.2) is 0 Å². The van der Waals surface area contributed by atoms with Gasteiger partial charge in [-0.2, -0.15) is 0 Å². The number of ketones is 1. The largest absolute Gasteiger partial charge is 0.467 e. The molecule has 1 saturated heterocycles. The first-order valence-electron chi connectivity index (χ1n) is 8.06. The molecule has 1 aliphatic heterocycles. The molecule has 0 spiro atoms. The first-order chi connectivity index (χ1) is 11.1. The van der Waals surface area contributed by atoms with Crippen molar-refractivity contribution in [3.63, 3.8) is 0 Å². The summed E-state index contributed by atoms with van der Waals surface area (Å²) in [4.78, 5) is 26.9. The van der Waals surface area contributed by atoms with E-state index in [1.807, 2.05) is 28.5 Å². The van der Waals surface area contributed by atoms with Crippen LogP contribution in [0.4, 0.5) is 0 Å². The zero-order valence-electron chi connectivity index (χ0n) is 13.3. The Morgan fingerprint density at radius 3 is 2.91 bits per heavy atom. The average Bonchev–Trinajstić information content (AvgIpc) is 3.15. The number of nitrogens with zero attached hydrogens (tertiary/aromatic N) is 1. The van der Waals surface area contributed by atoms with Crippen molar-refractivity contribution in [2.45, 2.75) is 45.1 Å². The highest BCUT2D eigenvalue weighted by molar-refractivity contribution is 7.12. The summed E-state index contributed by atoms with van der Waals surface area (Å²) in [6.07, 6.45) is 6.25. The van der Waals surface area contributed by atoms with Gasteiger partial charge in [0.05, 0.1) is 23.6 Å². The topological polar surface area (TPSA) is 50.5 Å². The van der Waals surface area contributed by atoms with E-state index in [2.05, 4.69) is 0 Å². The summed E-state index contributed by atoms with van der Waals surface area (Å²) in [7, 11) is 0. The van der Waals surface area contributed by atoms with Crippen LogP contribution in [0.3, 0.4) is 0 Å². The van der Waals surface area contributed by atoms with Gasteiger partial charge in [-0.15, -0.1) is 11.3 Å². The Kier molecular flexibility index (Phi) is 4.96. The van der Waals surface area contributed by atoms with Gasteiger partial charge in [0.25, 0.3) is 0 Å². The first-order valence-corrected chi connectivity index (χ1v) is 8.94.